The summed E-state index contributed by atoms with van der Waals surface area (Å²) < 4.78 is 17.5. The number of hydrogen-bond donors (Lipinski definition) is 3. The Morgan fingerprint density at radius 1 is 0.441 bits per heavy atom. The van der Waals surface area contributed by atoms with Crippen molar-refractivity contribution in [2.45, 2.75) is 19.6 Å². The molecule has 3 aromatic carbocycles. The van der Waals surface area contributed by atoms with Gasteiger partial charge >= 0.3 is 7.32 Å². The minimum absolute atomic E-state index is 0.506. The summed E-state index contributed by atoms with van der Waals surface area (Å²) >= 11 is 0. The van der Waals surface area contributed by atoms with Gasteiger partial charge in [-0.15, -0.1) is 0 Å². The fourth-order valence-electron chi connectivity index (χ4n) is 3.31. The Balaban J connectivity index is 1.30. The molecule has 0 bridgehead atoms. The smallest absolute Gasteiger partial charge is 0.385 e. The molecule has 0 spiro atoms. The molecule has 3 rings (SSSR count). The molecule has 0 aliphatic heterocycles. The third kappa shape index (κ3) is 11.6. The summed E-state index contributed by atoms with van der Waals surface area (Å²) in [6.07, 6.45) is 0. The summed E-state index contributed by atoms with van der Waals surface area (Å²) in [5.41, 5.74) is 3.75. The van der Waals surface area contributed by atoms with Crippen LogP contribution in [0.25, 0.3) is 0 Å². The van der Waals surface area contributed by atoms with Gasteiger partial charge in [-0.25, -0.2) is 0 Å². The van der Waals surface area contributed by atoms with Crippen LogP contribution in [0.2, 0.25) is 0 Å². The zero-order valence-electron chi connectivity index (χ0n) is 19.8. The molecule has 6 nitrogen and oxygen atoms in total. The predicted molar refractivity (Wildman–Crippen MR) is 138 cm³/mol. The molecule has 0 radical (unpaired) electrons. The van der Waals surface area contributed by atoms with E-state index in [9.17, 15) is 0 Å². The van der Waals surface area contributed by atoms with Crippen LogP contribution in [-0.2, 0) is 33.6 Å². The molecule has 180 valence electrons. The molecule has 0 aliphatic carbocycles. The minimum atomic E-state index is -0.685. The number of rotatable bonds is 18. The molecule has 0 aromatic heterocycles. The van der Waals surface area contributed by atoms with E-state index in [0.717, 1.165) is 39.3 Å². The quantitative estimate of drug-likeness (QED) is 0.199. The molecule has 34 heavy (non-hydrogen) atoms. The van der Waals surface area contributed by atoms with Crippen LogP contribution in [0.3, 0.4) is 0 Å². The highest BCUT2D eigenvalue weighted by Gasteiger charge is 2.20. The standard InChI is InChI=1S/C27H36BN3O3/c1-4-10-25(11-5-1)22-29-16-19-32-28(33-20-17-30-23-26-12-6-2-7-13-26)34-21-18-31-24-27-14-8-3-9-15-27/h1-15,29-31H,16-24H2. The van der Waals surface area contributed by atoms with Crippen molar-refractivity contribution >= 4 is 7.32 Å². The molecular formula is C27H36BN3O3. The van der Waals surface area contributed by atoms with E-state index in [1.807, 2.05) is 54.6 Å². The van der Waals surface area contributed by atoms with Crippen molar-refractivity contribution in [1.82, 2.24) is 16.0 Å². The Labute approximate surface area is 204 Å². The Kier molecular flexibility index (Phi) is 13.0. The van der Waals surface area contributed by atoms with Crippen LogP contribution >= 0.6 is 0 Å². The molecule has 3 aromatic rings. The van der Waals surface area contributed by atoms with E-state index >= 15 is 0 Å². The zero-order chi connectivity index (χ0) is 23.5. The lowest BCUT2D eigenvalue weighted by atomic mass is 10.2. The largest absolute Gasteiger partial charge is 0.639 e. The molecule has 0 fully saturated rings. The highest BCUT2D eigenvalue weighted by atomic mass is 16.7. The van der Waals surface area contributed by atoms with Crippen LogP contribution in [0.5, 0.6) is 0 Å². The van der Waals surface area contributed by atoms with Crippen LogP contribution in [0, 0.1) is 0 Å². The van der Waals surface area contributed by atoms with Crippen LogP contribution in [0.1, 0.15) is 16.7 Å². The average molecular weight is 461 g/mol. The Morgan fingerprint density at radius 2 is 0.735 bits per heavy atom. The summed E-state index contributed by atoms with van der Waals surface area (Å²) in [7, 11) is -0.685. The van der Waals surface area contributed by atoms with Crippen molar-refractivity contribution in [1.29, 1.82) is 0 Å². The molecule has 0 atom stereocenters. The summed E-state index contributed by atoms with van der Waals surface area (Å²) in [5, 5.41) is 10.2. The van der Waals surface area contributed by atoms with Crippen LogP contribution in [0.15, 0.2) is 91.0 Å². The lowest BCUT2D eigenvalue weighted by Crippen LogP contribution is -2.35. The maximum Gasteiger partial charge on any atom is 0.639 e. The van der Waals surface area contributed by atoms with Gasteiger partial charge in [0.15, 0.2) is 0 Å². The molecule has 7 heteroatoms. The molecule has 0 unspecified atom stereocenters. The maximum atomic E-state index is 5.85. The van der Waals surface area contributed by atoms with Crippen molar-refractivity contribution < 1.29 is 14.0 Å². The van der Waals surface area contributed by atoms with E-state index in [-0.39, 0.29) is 0 Å². The lowest BCUT2D eigenvalue weighted by molar-refractivity contribution is 0.0948. The van der Waals surface area contributed by atoms with Gasteiger partial charge in [-0.3, -0.25) is 0 Å². The van der Waals surface area contributed by atoms with E-state index in [0.29, 0.717) is 19.8 Å². The first-order valence-corrected chi connectivity index (χ1v) is 12.0. The van der Waals surface area contributed by atoms with Crippen molar-refractivity contribution in [2.75, 3.05) is 39.5 Å². The second-order valence-corrected chi connectivity index (χ2v) is 7.89. The van der Waals surface area contributed by atoms with Gasteiger partial charge in [-0.1, -0.05) is 91.0 Å². The van der Waals surface area contributed by atoms with Crippen LogP contribution < -0.4 is 16.0 Å². The Morgan fingerprint density at radius 3 is 1.03 bits per heavy atom. The first-order chi connectivity index (χ1) is 16.9. The van der Waals surface area contributed by atoms with Crippen molar-refractivity contribution in [3.8, 4) is 0 Å². The highest BCUT2D eigenvalue weighted by Crippen LogP contribution is 1.99. The van der Waals surface area contributed by atoms with Gasteiger partial charge in [-0.05, 0) is 16.7 Å². The number of nitrogens with one attached hydrogen (secondary N) is 3. The second-order valence-electron chi connectivity index (χ2n) is 7.89. The van der Waals surface area contributed by atoms with Gasteiger partial charge in [0.05, 0.1) is 0 Å². The Bertz CT molecular complexity index is 754. The molecule has 0 saturated carbocycles. The maximum absolute atomic E-state index is 5.85. The van der Waals surface area contributed by atoms with E-state index in [4.69, 9.17) is 14.0 Å². The van der Waals surface area contributed by atoms with Gasteiger partial charge in [0.2, 0.25) is 0 Å². The average Bonchev–Trinajstić information content (AvgIpc) is 2.89. The van der Waals surface area contributed by atoms with Crippen LogP contribution in [0.4, 0.5) is 0 Å². The first kappa shape index (κ1) is 26.1. The van der Waals surface area contributed by atoms with E-state index in [1.54, 1.807) is 0 Å². The van der Waals surface area contributed by atoms with Gasteiger partial charge in [0, 0.05) is 59.1 Å². The highest BCUT2D eigenvalue weighted by molar-refractivity contribution is 6.36. The number of hydrogen-bond acceptors (Lipinski definition) is 6. The molecule has 0 heterocycles. The predicted octanol–water partition coefficient (Wildman–Crippen LogP) is 3.39. The minimum Gasteiger partial charge on any atom is -0.385 e. The summed E-state index contributed by atoms with van der Waals surface area (Å²) in [4.78, 5) is 0. The van der Waals surface area contributed by atoms with Crippen molar-refractivity contribution in [3.05, 3.63) is 108 Å². The summed E-state index contributed by atoms with van der Waals surface area (Å²) in [6, 6.07) is 31.0. The fraction of sp³-hybridized carbons (Fsp3) is 0.333. The zero-order valence-corrected chi connectivity index (χ0v) is 19.8. The van der Waals surface area contributed by atoms with E-state index in [2.05, 4.69) is 52.3 Å². The fourth-order valence-corrected chi connectivity index (χ4v) is 3.31. The third-order valence-electron chi connectivity index (χ3n) is 5.11. The molecule has 0 saturated heterocycles. The van der Waals surface area contributed by atoms with Crippen molar-refractivity contribution in [3.63, 3.8) is 0 Å². The third-order valence-corrected chi connectivity index (χ3v) is 5.11. The SMILES string of the molecule is c1ccc(CNCCOB(OCCNCc2ccccc2)OCCNCc2ccccc2)cc1. The van der Waals surface area contributed by atoms with Crippen molar-refractivity contribution in [2.24, 2.45) is 0 Å². The summed E-state index contributed by atoms with van der Waals surface area (Å²) in [5.74, 6) is 0. The normalized spacial score (nSPS) is 10.9. The van der Waals surface area contributed by atoms with Gasteiger partial charge in [-0.2, -0.15) is 0 Å². The molecule has 0 aliphatic rings. The molecule has 0 amide bonds. The Hall–Kier alpha value is -2.52. The van der Waals surface area contributed by atoms with E-state index < -0.39 is 7.32 Å². The second kappa shape index (κ2) is 17.0. The summed E-state index contributed by atoms with van der Waals surface area (Å²) in [6.45, 7) is 6.10. The molecule has 3 N–H and O–H groups in total. The first-order valence-electron chi connectivity index (χ1n) is 12.0. The molecular weight excluding hydrogens is 425 g/mol. The lowest BCUT2D eigenvalue weighted by Gasteiger charge is -2.16. The number of benzene rings is 3. The van der Waals surface area contributed by atoms with Gasteiger partial charge in [0.1, 0.15) is 0 Å². The van der Waals surface area contributed by atoms with Gasteiger partial charge < -0.3 is 29.9 Å². The van der Waals surface area contributed by atoms with Crippen LogP contribution in [-0.4, -0.2) is 46.8 Å². The monoisotopic (exact) mass is 461 g/mol. The topological polar surface area (TPSA) is 63.8 Å². The van der Waals surface area contributed by atoms with E-state index in [1.165, 1.54) is 16.7 Å². The van der Waals surface area contributed by atoms with Gasteiger partial charge in [0.25, 0.3) is 0 Å².